The molecule has 0 aliphatic carbocycles. The molecule has 1 aromatic heterocycles. The van der Waals surface area contributed by atoms with Gasteiger partial charge in [0.05, 0.1) is 16.4 Å². The zero-order chi connectivity index (χ0) is 21.3. The lowest BCUT2D eigenvalue weighted by molar-refractivity contribution is 0.102. The Kier molecular flexibility index (Phi) is 5.38. The number of nitrogens with one attached hydrogen (secondary N) is 1. The third-order valence-corrected chi connectivity index (χ3v) is 5.11. The highest BCUT2D eigenvalue weighted by Gasteiger charge is 2.16. The minimum Gasteiger partial charge on any atom is -0.306 e. The SMILES string of the molecule is Cc1ccc(-c2cc(NC(=O)c3ccc(F)c(Cl)c3)n(-c3ccccc3C)n2)cc1. The quantitative estimate of drug-likeness (QED) is 0.428. The second kappa shape index (κ2) is 8.13. The number of para-hydroxylation sites is 1. The van der Waals surface area contributed by atoms with E-state index in [0.29, 0.717) is 5.82 Å². The van der Waals surface area contributed by atoms with E-state index < -0.39 is 11.7 Å². The first kappa shape index (κ1) is 19.9. The van der Waals surface area contributed by atoms with Crippen LogP contribution in [0.4, 0.5) is 10.2 Å². The molecule has 0 atom stereocenters. The van der Waals surface area contributed by atoms with Gasteiger partial charge in [0.15, 0.2) is 0 Å². The molecule has 30 heavy (non-hydrogen) atoms. The topological polar surface area (TPSA) is 46.9 Å². The fraction of sp³-hybridized carbons (Fsp3) is 0.0833. The van der Waals surface area contributed by atoms with Crippen LogP contribution < -0.4 is 5.32 Å². The lowest BCUT2D eigenvalue weighted by Gasteiger charge is -2.11. The van der Waals surface area contributed by atoms with Gasteiger partial charge in [-0.15, -0.1) is 0 Å². The van der Waals surface area contributed by atoms with Crippen molar-refractivity contribution in [2.24, 2.45) is 0 Å². The van der Waals surface area contributed by atoms with Crippen molar-refractivity contribution < 1.29 is 9.18 Å². The summed E-state index contributed by atoms with van der Waals surface area (Å²) in [6.45, 7) is 4.00. The summed E-state index contributed by atoms with van der Waals surface area (Å²) in [4.78, 5) is 12.8. The lowest BCUT2D eigenvalue weighted by Crippen LogP contribution is -2.15. The van der Waals surface area contributed by atoms with E-state index in [1.807, 2.05) is 68.4 Å². The fourth-order valence-electron chi connectivity index (χ4n) is 3.15. The van der Waals surface area contributed by atoms with Gasteiger partial charge in [-0.1, -0.05) is 59.6 Å². The minimum absolute atomic E-state index is 0.101. The van der Waals surface area contributed by atoms with Crippen LogP contribution in [-0.2, 0) is 0 Å². The molecular formula is C24H19ClFN3O. The van der Waals surface area contributed by atoms with Crippen molar-refractivity contribution in [1.29, 1.82) is 0 Å². The number of carbonyl (C=O) groups is 1. The van der Waals surface area contributed by atoms with Crippen LogP contribution >= 0.6 is 11.6 Å². The van der Waals surface area contributed by atoms with Gasteiger partial charge in [0.25, 0.3) is 5.91 Å². The van der Waals surface area contributed by atoms with Crippen LogP contribution in [0.15, 0.2) is 72.8 Å². The standard InChI is InChI=1S/C24H19ClFN3O/c1-15-7-9-17(10-8-15)21-14-23(29(28-21)22-6-4-3-5-16(22)2)27-24(30)18-11-12-20(26)19(25)13-18/h3-14H,1-2H3,(H,27,30). The van der Waals surface area contributed by atoms with Gasteiger partial charge in [-0.2, -0.15) is 5.10 Å². The highest BCUT2D eigenvalue weighted by molar-refractivity contribution is 6.31. The molecule has 3 aromatic carbocycles. The predicted octanol–water partition coefficient (Wildman–Crippen LogP) is 6.20. The predicted molar refractivity (Wildman–Crippen MR) is 118 cm³/mol. The Balaban J connectivity index is 1.77. The first-order chi connectivity index (χ1) is 14.4. The number of hydrogen-bond donors (Lipinski definition) is 1. The van der Waals surface area contributed by atoms with Gasteiger partial charge >= 0.3 is 0 Å². The Morgan fingerprint density at radius 2 is 1.73 bits per heavy atom. The molecule has 0 radical (unpaired) electrons. The number of carbonyl (C=O) groups excluding carboxylic acids is 1. The van der Waals surface area contributed by atoms with Gasteiger partial charge in [-0.3, -0.25) is 4.79 Å². The van der Waals surface area contributed by atoms with Crippen LogP contribution in [0, 0.1) is 19.7 Å². The van der Waals surface area contributed by atoms with Gasteiger partial charge < -0.3 is 5.32 Å². The summed E-state index contributed by atoms with van der Waals surface area (Å²) in [5.74, 6) is -0.466. The zero-order valence-electron chi connectivity index (χ0n) is 16.5. The Labute approximate surface area is 178 Å². The molecule has 4 nitrogen and oxygen atoms in total. The second-order valence-corrected chi connectivity index (χ2v) is 7.47. The molecule has 4 aromatic rings. The highest BCUT2D eigenvalue weighted by Crippen LogP contribution is 2.27. The van der Waals surface area contributed by atoms with Crippen molar-refractivity contribution >= 4 is 23.3 Å². The van der Waals surface area contributed by atoms with Crippen LogP contribution in [-0.4, -0.2) is 15.7 Å². The van der Waals surface area contributed by atoms with Crippen molar-refractivity contribution in [3.05, 3.63) is 100 Å². The first-order valence-electron chi connectivity index (χ1n) is 9.42. The number of aryl methyl sites for hydroxylation is 2. The number of aromatic nitrogens is 2. The third kappa shape index (κ3) is 3.98. The van der Waals surface area contributed by atoms with E-state index in [0.717, 1.165) is 28.1 Å². The van der Waals surface area contributed by atoms with Gasteiger partial charge in [-0.05, 0) is 43.7 Å². The monoisotopic (exact) mass is 419 g/mol. The van der Waals surface area contributed by atoms with E-state index in [4.69, 9.17) is 16.7 Å². The van der Waals surface area contributed by atoms with E-state index in [9.17, 15) is 9.18 Å². The maximum Gasteiger partial charge on any atom is 0.256 e. The van der Waals surface area contributed by atoms with E-state index in [1.54, 1.807) is 4.68 Å². The smallest absolute Gasteiger partial charge is 0.256 e. The Hall–Kier alpha value is -3.44. The molecule has 1 amide bonds. The van der Waals surface area contributed by atoms with Gasteiger partial charge in [0.1, 0.15) is 11.6 Å². The average Bonchev–Trinajstić information content (AvgIpc) is 3.14. The summed E-state index contributed by atoms with van der Waals surface area (Å²) in [6.07, 6.45) is 0. The molecule has 0 unspecified atom stereocenters. The Morgan fingerprint density at radius 1 is 1.00 bits per heavy atom. The normalized spacial score (nSPS) is 10.8. The fourth-order valence-corrected chi connectivity index (χ4v) is 3.33. The maximum atomic E-state index is 13.5. The number of nitrogens with zero attached hydrogens (tertiary/aromatic N) is 2. The molecule has 0 aliphatic heterocycles. The average molecular weight is 420 g/mol. The van der Waals surface area contributed by atoms with Crippen molar-refractivity contribution in [2.75, 3.05) is 5.32 Å². The van der Waals surface area contributed by atoms with E-state index >= 15 is 0 Å². The van der Waals surface area contributed by atoms with Gasteiger partial charge in [0.2, 0.25) is 0 Å². The molecule has 0 fully saturated rings. The molecule has 1 N–H and O–H groups in total. The molecule has 1 heterocycles. The summed E-state index contributed by atoms with van der Waals surface area (Å²) in [5.41, 5.74) is 4.94. The summed E-state index contributed by atoms with van der Waals surface area (Å²) in [6, 6.07) is 21.5. The van der Waals surface area contributed by atoms with Gasteiger partial charge in [-0.25, -0.2) is 9.07 Å². The van der Waals surface area contributed by atoms with E-state index in [1.165, 1.54) is 18.2 Å². The number of rotatable bonds is 4. The van der Waals surface area contributed by atoms with Gasteiger partial charge in [0, 0.05) is 17.2 Å². The summed E-state index contributed by atoms with van der Waals surface area (Å²) >= 11 is 5.83. The molecule has 4 rings (SSSR count). The van der Waals surface area contributed by atoms with Crippen LogP contribution in [0.3, 0.4) is 0 Å². The summed E-state index contributed by atoms with van der Waals surface area (Å²) < 4.78 is 15.2. The Bertz CT molecular complexity index is 1230. The molecule has 0 saturated carbocycles. The number of amides is 1. The van der Waals surface area contributed by atoms with Crippen molar-refractivity contribution in [2.45, 2.75) is 13.8 Å². The van der Waals surface area contributed by atoms with Crippen LogP contribution in [0.1, 0.15) is 21.5 Å². The molecule has 0 aliphatic rings. The Morgan fingerprint density at radius 3 is 2.43 bits per heavy atom. The number of hydrogen-bond acceptors (Lipinski definition) is 2. The number of halogens is 2. The summed E-state index contributed by atoms with van der Waals surface area (Å²) in [7, 11) is 0. The van der Waals surface area contributed by atoms with Crippen LogP contribution in [0.5, 0.6) is 0 Å². The maximum absolute atomic E-state index is 13.5. The number of benzene rings is 3. The molecule has 0 spiro atoms. The highest BCUT2D eigenvalue weighted by atomic mass is 35.5. The van der Waals surface area contributed by atoms with Crippen molar-refractivity contribution in [1.82, 2.24) is 9.78 Å². The molecule has 0 saturated heterocycles. The largest absolute Gasteiger partial charge is 0.306 e. The van der Waals surface area contributed by atoms with E-state index in [2.05, 4.69) is 5.32 Å². The first-order valence-corrected chi connectivity index (χ1v) is 9.79. The minimum atomic E-state index is -0.570. The molecule has 150 valence electrons. The molecule has 6 heteroatoms. The van der Waals surface area contributed by atoms with Crippen LogP contribution in [0.25, 0.3) is 16.9 Å². The molecule has 0 bridgehead atoms. The van der Waals surface area contributed by atoms with E-state index in [-0.39, 0.29) is 10.6 Å². The van der Waals surface area contributed by atoms with Crippen molar-refractivity contribution in [3.8, 4) is 16.9 Å². The second-order valence-electron chi connectivity index (χ2n) is 7.06. The zero-order valence-corrected chi connectivity index (χ0v) is 17.2. The third-order valence-electron chi connectivity index (χ3n) is 4.82. The van der Waals surface area contributed by atoms with Crippen LogP contribution in [0.2, 0.25) is 5.02 Å². The number of anilines is 1. The lowest BCUT2D eigenvalue weighted by atomic mass is 10.1. The van der Waals surface area contributed by atoms with Crippen molar-refractivity contribution in [3.63, 3.8) is 0 Å². The summed E-state index contributed by atoms with van der Waals surface area (Å²) in [5, 5.41) is 7.52. The molecular weight excluding hydrogens is 401 g/mol.